The molecular formula is C11H20N2O2S2. The Bertz CT molecular complexity index is 426. The molecule has 1 rings (SSSR count). The molecule has 0 atom stereocenters. The minimum Gasteiger partial charge on any atom is -0.316 e. The fourth-order valence-electron chi connectivity index (χ4n) is 1.44. The predicted molar refractivity (Wildman–Crippen MR) is 71.8 cm³/mol. The second-order valence-corrected chi connectivity index (χ2v) is 6.81. The summed E-state index contributed by atoms with van der Waals surface area (Å²) in [4.78, 5) is 0. The Morgan fingerprint density at radius 1 is 1.35 bits per heavy atom. The summed E-state index contributed by atoms with van der Waals surface area (Å²) in [6.45, 7) is 3.31. The maximum atomic E-state index is 11.9. The van der Waals surface area contributed by atoms with Gasteiger partial charge in [0, 0.05) is 13.1 Å². The number of thiophene rings is 1. The molecule has 0 aliphatic heterocycles. The molecule has 2 N–H and O–H groups in total. The monoisotopic (exact) mass is 276 g/mol. The molecule has 0 aliphatic carbocycles. The van der Waals surface area contributed by atoms with Gasteiger partial charge in [0.15, 0.2) is 0 Å². The maximum Gasteiger partial charge on any atom is 0.250 e. The van der Waals surface area contributed by atoms with Crippen LogP contribution in [0.5, 0.6) is 0 Å². The highest BCUT2D eigenvalue weighted by Gasteiger charge is 2.15. The van der Waals surface area contributed by atoms with Crippen molar-refractivity contribution in [3.8, 4) is 0 Å². The maximum absolute atomic E-state index is 11.9. The van der Waals surface area contributed by atoms with Crippen molar-refractivity contribution in [3.63, 3.8) is 0 Å². The molecule has 0 amide bonds. The first-order chi connectivity index (χ1) is 8.10. The van der Waals surface area contributed by atoms with E-state index in [9.17, 15) is 8.42 Å². The zero-order valence-corrected chi connectivity index (χ0v) is 12.0. The Labute approximate surface area is 107 Å². The minimum absolute atomic E-state index is 0.402. The third-order valence-corrected chi connectivity index (χ3v) is 5.30. The van der Waals surface area contributed by atoms with Crippen LogP contribution in [0.15, 0.2) is 15.7 Å². The second kappa shape index (κ2) is 7.10. The summed E-state index contributed by atoms with van der Waals surface area (Å²) in [7, 11) is -1.46. The van der Waals surface area contributed by atoms with E-state index >= 15 is 0 Å². The number of hydrogen-bond acceptors (Lipinski definition) is 4. The van der Waals surface area contributed by atoms with Crippen LogP contribution in [0.1, 0.15) is 31.7 Å². The first kappa shape index (κ1) is 14.6. The lowest BCUT2D eigenvalue weighted by atomic mass is 10.3. The van der Waals surface area contributed by atoms with Gasteiger partial charge in [0.2, 0.25) is 10.0 Å². The summed E-state index contributed by atoms with van der Waals surface area (Å²) in [5.41, 5.74) is 1.01. The Hall–Kier alpha value is -0.430. The molecule has 0 radical (unpaired) electrons. The quantitative estimate of drug-likeness (QED) is 0.713. The van der Waals surface area contributed by atoms with Crippen LogP contribution in [0.3, 0.4) is 0 Å². The van der Waals surface area contributed by atoms with Crippen molar-refractivity contribution >= 4 is 21.4 Å². The first-order valence-corrected chi connectivity index (χ1v) is 8.18. The molecule has 1 aromatic rings. The van der Waals surface area contributed by atoms with Crippen LogP contribution in [0, 0.1) is 0 Å². The summed E-state index contributed by atoms with van der Waals surface area (Å²) in [6, 6.07) is 1.73. The SMILES string of the molecule is CCCCCNS(=O)(=O)c1cc(CNC)cs1. The van der Waals surface area contributed by atoms with E-state index in [0.29, 0.717) is 17.3 Å². The van der Waals surface area contributed by atoms with Gasteiger partial charge in [0.1, 0.15) is 4.21 Å². The molecule has 0 spiro atoms. The van der Waals surface area contributed by atoms with Gasteiger partial charge in [-0.15, -0.1) is 11.3 Å². The van der Waals surface area contributed by atoms with Crippen molar-refractivity contribution in [3.05, 3.63) is 17.0 Å². The molecular weight excluding hydrogens is 256 g/mol. The number of nitrogens with one attached hydrogen (secondary N) is 2. The molecule has 6 heteroatoms. The molecule has 98 valence electrons. The minimum atomic E-state index is -3.30. The van der Waals surface area contributed by atoms with E-state index in [4.69, 9.17) is 0 Å². The topological polar surface area (TPSA) is 58.2 Å². The van der Waals surface area contributed by atoms with Crippen LogP contribution < -0.4 is 10.0 Å². The van der Waals surface area contributed by atoms with E-state index in [1.54, 1.807) is 6.07 Å². The van der Waals surface area contributed by atoms with E-state index < -0.39 is 10.0 Å². The third kappa shape index (κ3) is 4.75. The summed E-state index contributed by atoms with van der Waals surface area (Å²) in [5, 5.41) is 4.87. The van der Waals surface area contributed by atoms with Crippen LogP contribution >= 0.6 is 11.3 Å². The predicted octanol–water partition coefficient (Wildman–Crippen LogP) is 1.94. The highest BCUT2D eigenvalue weighted by atomic mass is 32.2. The van der Waals surface area contributed by atoms with E-state index in [2.05, 4.69) is 17.0 Å². The largest absolute Gasteiger partial charge is 0.316 e. The van der Waals surface area contributed by atoms with Gasteiger partial charge in [-0.1, -0.05) is 19.8 Å². The van der Waals surface area contributed by atoms with Crippen molar-refractivity contribution < 1.29 is 8.42 Å². The Morgan fingerprint density at radius 3 is 2.76 bits per heavy atom. The Balaban J connectivity index is 2.56. The molecule has 0 bridgehead atoms. The van der Waals surface area contributed by atoms with Crippen molar-refractivity contribution in [2.24, 2.45) is 0 Å². The zero-order valence-electron chi connectivity index (χ0n) is 10.3. The molecule has 1 aromatic heterocycles. The van der Waals surface area contributed by atoms with E-state index in [1.807, 2.05) is 12.4 Å². The van der Waals surface area contributed by atoms with Crippen LogP contribution in [-0.2, 0) is 16.6 Å². The summed E-state index contributed by atoms with van der Waals surface area (Å²) in [6.07, 6.45) is 3.04. The molecule has 0 aliphatic rings. The van der Waals surface area contributed by atoms with Gasteiger partial charge < -0.3 is 5.32 Å². The molecule has 0 saturated heterocycles. The second-order valence-electron chi connectivity index (χ2n) is 3.91. The van der Waals surface area contributed by atoms with E-state index in [1.165, 1.54) is 11.3 Å². The lowest BCUT2D eigenvalue weighted by Gasteiger charge is -2.03. The molecule has 0 saturated carbocycles. The van der Waals surface area contributed by atoms with Gasteiger partial charge in [-0.3, -0.25) is 0 Å². The standard InChI is InChI=1S/C11H20N2O2S2/c1-3-4-5-6-13-17(14,15)11-7-10(8-12-2)9-16-11/h7,9,12-13H,3-6,8H2,1-2H3. The molecule has 17 heavy (non-hydrogen) atoms. The Morgan fingerprint density at radius 2 is 2.12 bits per heavy atom. The normalized spacial score (nSPS) is 11.9. The van der Waals surface area contributed by atoms with Crippen LogP contribution in [0.2, 0.25) is 0 Å². The van der Waals surface area contributed by atoms with Crippen molar-refractivity contribution in [1.82, 2.24) is 10.0 Å². The van der Waals surface area contributed by atoms with Gasteiger partial charge in [-0.25, -0.2) is 13.1 Å². The smallest absolute Gasteiger partial charge is 0.250 e. The highest BCUT2D eigenvalue weighted by molar-refractivity contribution is 7.91. The number of sulfonamides is 1. The van der Waals surface area contributed by atoms with Gasteiger partial charge >= 0.3 is 0 Å². The molecule has 4 nitrogen and oxygen atoms in total. The molecule has 0 unspecified atom stereocenters. The fraction of sp³-hybridized carbons (Fsp3) is 0.636. The molecule has 0 fully saturated rings. The summed E-state index contributed by atoms with van der Waals surface area (Å²) >= 11 is 1.27. The molecule has 1 heterocycles. The van der Waals surface area contributed by atoms with Crippen molar-refractivity contribution in [2.75, 3.05) is 13.6 Å². The van der Waals surface area contributed by atoms with Crippen molar-refractivity contribution in [2.45, 2.75) is 36.9 Å². The van der Waals surface area contributed by atoms with Gasteiger partial charge in [-0.2, -0.15) is 0 Å². The van der Waals surface area contributed by atoms with Gasteiger partial charge in [-0.05, 0) is 30.5 Å². The van der Waals surface area contributed by atoms with Crippen molar-refractivity contribution in [1.29, 1.82) is 0 Å². The van der Waals surface area contributed by atoms with E-state index in [0.717, 1.165) is 24.8 Å². The van der Waals surface area contributed by atoms with Crippen LogP contribution in [0.4, 0.5) is 0 Å². The highest BCUT2D eigenvalue weighted by Crippen LogP contribution is 2.19. The zero-order chi connectivity index (χ0) is 12.7. The van der Waals surface area contributed by atoms with Gasteiger partial charge in [0.05, 0.1) is 0 Å². The van der Waals surface area contributed by atoms with Gasteiger partial charge in [0.25, 0.3) is 0 Å². The number of rotatable bonds is 8. The lowest BCUT2D eigenvalue weighted by molar-refractivity contribution is 0.578. The van der Waals surface area contributed by atoms with Crippen LogP contribution in [0.25, 0.3) is 0 Å². The Kier molecular flexibility index (Phi) is 6.11. The number of unbranched alkanes of at least 4 members (excludes halogenated alkanes) is 2. The average Bonchev–Trinajstić information content (AvgIpc) is 2.74. The van der Waals surface area contributed by atoms with E-state index in [-0.39, 0.29) is 0 Å². The van der Waals surface area contributed by atoms with Crippen LogP contribution in [-0.4, -0.2) is 22.0 Å². The third-order valence-electron chi connectivity index (χ3n) is 2.35. The lowest BCUT2D eigenvalue weighted by Crippen LogP contribution is -2.24. The summed E-state index contributed by atoms with van der Waals surface area (Å²) < 4.78 is 26.8. The summed E-state index contributed by atoms with van der Waals surface area (Å²) in [5.74, 6) is 0. The number of hydrogen-bond donors (Lipinski definition) is 2. The average molecular weight is 276 g/mol. The fourth-order valence-corrected chi connectivity index (χ4v) is 3.77. The first-order valence-electron chi connectivity index (χ1n) is 5.82. The molecule has 0 aromatic carbocycles.